The van der Waals surface area contributed by atoms with Crippen molar-refractivity contribution in [3.05, 3.63) is 191 Å². The van der Waals surface area contributed by atoms with Crippen LogP contribution in [0.4, 0.5) is 17.1 Å². The summed E-state index contributed by atoms with van der Waals surface area (Å²) >= 11 is 0. The summed E-state index contributed by atoms with van der Waals surface area (Å²) in [7, 11) is 0. The Hall–Kier alpha value is -6.38. The largest absolute Gasteiger partial charge is 0.310 e. The van der Waals surface area contributed by atoms with Gasteiger partial charge in [-0.2, -0.15) is 0 Å². The minimum absolute atomic E-state index is 0.0390. The van der Waals surface area contributed by atoms with Crippen molar-refractivity contribution in [2.45, 2.75) is 57.8 Å². The number of aromatic nitrogens is 1. The Morgan fingerprint density at radius 1 is 0.368 bits per heavy atom. The third-order valence-corrected chi connectivity index (χ3v) is 14.1. The third kappa shape index (κ3) is 4.20. The summed E-state index contributed by atoms with van der Waals surface area (Å²) in [5.41, 5.74) is 20.8. The first-order valence-electron chi connectivity index (χ1n) is 20.4. The zero-order valence-corrected chi connectivity index (χ0v) is 33.4. The zero-order valence-electron chi connectivity index (χ0n) is 33.4. The smallest absolute Gasteiger partial charge is 0.0583 e. The summed E-state index contributed by atoms with van der Waals surface area (Å²) in [6.45, 7) is 14.4. The van der Waals surface area contributed by atoms with Crippen LogP contribution >= 0.6 is 0 Å². The molecule has 0 spiro atoms. The molecule has 0 atom stereocenters. The standard InChI is InChI=1S/C55H44N2/c1-53(2)44-17-10-9-15-40(44)41-28-24-36(30-48(41)53)34-21-25-37(26-22-34)56(38-27-23-33-13-7-8-14-35(33)29-38)39-31-43-42-16-11-18-45-50(42)57-51(43)49(32-39)55(5,6)47-20-12-19-46(52(47)57)54(45,3)4/h7-32H,1-6H3. The molecule has 2 nitrogen and oxygen atoms in total. The van der Waals surface area contributed by atoms with Crippen molar-refractivity contribution in [2.24, 2.45) is 0 Å². The van der Waals surface area contributed by atoms with Gasteiger partial charge in [-0.3, -0.25) is 0 Å². The van der Waals surface area contributed by atoms with E-state index in [1.54, 1.807) is 0 Å². The fourth-order valence-corrected chi connectivity index (χ4v) is 11.0. The molecule has 0 amide bonds. The molecule has 9 aromatic rings. The number of para-hydroxylation sites is 2. The minimum Gasteiger partial charge on any atom is -0.310 e. The van der Waals surface area contributed by atoms with Gasteiger partial charge in [0.25, 0.3) is 0 Å². The lowest BCUT2D eigenvalue weighted by atomic mass is 9.68. The van der Waals surface area contributed by atoms with Crippen LogP contribution in [-0.2, 0) is 16.2 Å². The second kappa shape index (κ2) is 10.9. The van der Waals surface area contributed by atoms with Crippen LogP contribution < -0.4 is 4.90 Å². The van der Waals surface area contributed by atoms with Crippen LogP contribution in [0.5, 0.6) is 0 Å². The Balaban J connectivity index is 1.07. The topological polar surface area (TPSA) is 8.17 Å². The lowest BCUT2D eigenvalue weighted by Crippen LogP contribution is -2.33. The second-order valence-electron chi connectivity index (χ2n) is 18.2. The van der Waals surface area contributed by atoms with E-state index in [9.17, 15) is 0 Å². The highest BCUT2D eigenvalue weighted by Crippen LogP contribution is 2.56. The molecular formula is C55H44N2. The molecule has 12 rings (SSSR count). The predicted octanol–water partition coefficient (Wildman–Crippen LogP) is 14.7. The van der Waals surface area contributed by atoms with Crippen molar-refractivity contribution in [2.75, 3.05) is 4.90 Å². The van der Waals surface area contributed by atoms with Gasteiger partial charge in [0.05, 0.1) is 16.7 Å². The van der Waals surface area contributed by atoms with Crippen molar-refractivity contribution in [1.29, 1.82) is 0 Å². The third-order valence-electron chi connectivity index (χ3n) is 14.1. The fourth-order valence-electron chi connectivity index (χ4n) is 11.0. The molecule has 0 bridgehead atoms. The van der Waals surface area contributed by atoms with Gasteiger partial charge >= 0.3 is 0 Å². The van der Waals surface area contributed by atoms with Gasteiger partial charge in [0, 0.05) is 44.1 Å². The Morgan fingerprint density at radius 3 is 1.77 bits per heavy atom. The van der Waals surface area contributed by atoms with E-state index < -0.39 is 0 Å². The second-order valence-corrected chi connectivity index (χ2v) is 18.2. The van der Waals surface area contributed by atoms with Gasteiger partial charge in [0.2, 0.25) is 0 Å². The molecule has 0 saturated heterocycles. The van der Waals surface area contributed by atoms with Gasteiger partial charge in [-0.1, -0.05) is 157 Å². The Morgan fingerprint density at radius 2 is 0.965 bits per heavy atom. The van der Waals surface area contributed by atoms with Crippen LogP contribution in [0.2, 0.25) is 0 Å². The van der Waals surface area contributed by atoms with E-state index in [0.29, 0.717) is 0 Å². The van der Waals surface area contributed by atoms with Crippen LogP contribution in [0.1, 0.15) is 74.9 Å². The molecule has 3 aliphatic rings. The molecule has 0 radical (unpaired) electrons. The number of anilines is 3. The minimum atomic E-state index is -0.211. The Labute approximate surface area is 334 Å². The first-order valence-corrected chi connectivity index (χ1v) is 20.4. The van der Waals surface area contributed by atoms with Crippen LogP contribution in [0.25, 0.3) is 60.5 Å². The Bertz CT molecular complexity index is 3210. The molecule has 2 aliphatic heterocycles. The molecule has 1 aromatic heterocycles. The van der Waals surface area contributed by atoms with Crippen molar-refractivity contribution < 1.29 is 0 Å². The lowest BCUT2D eigenvalue weighted by Gasteiger charge is -2.42. The highest BCUT2D eigenvalue weighted by Gasteiger charge is 2.43. The van der Waals surface area contributed by atoms with Crippen molar-refractivity contribution >= 4 is 49.6 Å². The summed E-state index contributed by atoms with van der Waals surface area (Å²) in [6.07, 6.45) is 0. The molecule has 0 saturated carbocycles. The highest BCUT2D eigenvalue weighted by molar-refractivity contribution is 6.15. The van der Waals surface area contributed by atoms with Gasteiger partial charge in [0.15, 0.2) is 0 Å². The van der Waals surface area contributed by atoms with Crippen molar-refractivity contribution in [3.8, 4) is 27.9 Å². The van der Waals surface area contributed by atoms with Crippen molar-refractivity contribution in [3.63, 3.8) is 0 Å². The summed E-state index contributed by atoms with van der Waals surface area (Å²) in [5.74, 6) is 0. The Kier molecular flexibility index (Phi) is 6.29. The maximum atomic E-state index is 2.62. The number of hydrogen-bond acceptors (Lipinski definition) is 1. The molecule has 0 fully saturated rings. The summed E-state index contributed by atoms with van der Waals surface area (Å²) in [4.78, 5) is 2.48. The van der Waals surface area contributed by atoms with E-state index in [1.165, 1.54) is 99.6 Å². The maximum absolute atomic E-state index is 2.62. The molecule has 1 aliphatic carbocycles. The van der Waals surface area contributed by atoms with Gasteiger partial charge in [-0.25, -0.2) is 0 Å². The van der Waals surface area contributed by atoms with E-state index in [1.807, 2.05) is 0 Å². The summed E-state index contributed by atoms with van der Waals surface area (Å²) < 4.78 is 2.62. The van der Waals surface area contributed by atoms with E-state index >= 15 is 0 Å². The lowest BCUT2D eigenvalue weighted by molar-refractivity contribution is 0.593. The summed E-state index contributed by atoms with van der Waals surface area (Å²) in [6, 6.07) is 59.7. The molecule has 274 valence electrons. The van der Waals surface area contributed by atoms with E-state index in [4.69, 9.17) is 0 Å². The van der Waals surface area contributed by atoms with Crippen LogP contribution in [0.15, 0.2) is 158 Å². The normalized spacial score (nSPS) is 16.0. The molecule has 0 N–H and O–H groups in total. The molecule has 57 heavy (non-hydrogen) atoms. The zero-order chi connectivity index (χ0) is 38.6. The first kappa shape index (κ1) is 32.8. The number of nitrogens with zero attached hydrogens (tertiary/aromatic N) is 2. The average Bonchev–Trinajstić information content (AvgIpc) is 3.68. The quantitative estimate of drug-likeness (QED) is 0.175. The van der Waals surface area contributed by atoms with Crippen LogP contribution in [-0.4, -0.2) is 4.57 Å². The number of fused-ring (bicyclic) bond motifs is 5. The number of rotatable bonds is 4. The average molecular weight is 733 g/mol. The van der Waals surface area contributed by atoms with Gasteiger partial charge in [-0.05, 0) is 109 Å². The fraction of sp³-hybridized carbons (Fsp3) is 0.164. The SMILES string of the molecule is CC1(C)c2ccccc2-c2ccc(-c3ccc(N(c4ccc5ccccc5c4)c4cc5c6c(c4)c4cccc7c4n6-c4c(cccc4C5(C)C)C7(C)C)cc3)cc21. The van der Waals surface area contributed by atoms with Crippen LogP contribution in [0.3, 0.4) is 0 Å². The van der Waals surface area contributed by atoms with Gasteiger partial charge in [0.1, 0.15) is 0 Å². The number of hydrogen-bond donors (Lipinski definition) is 0. The van der Waals surface area contributed by atoms with Crippen LogP contribution in [0, 0.1) is 0 Å². The molecule has 0 unspecified atom stereocenters. The monoisotopic (exact) mass is 732 g/mol. The summed E-state index contributed by atoms with van der Waals surface area (Å²) in [5, 5.41) is 5.12. The van der Waals surface area contributed by atoms with Crippen molar-refractivity contribution in [1.82, 2.24) is 4.57 Å². The van der Waals surface area contributed by atoms with Gasteiger partial charge in [-0.15, -0.1) is 0 Å². The predicted molar refractivity (Wildman–Crippen MR) is 240 cm³/mol. The molecular weight excluding hydrogens is 689 g/mol. The molecule has 8 aromatic carbocycles. The maximum Gasteiger partial charge on any atom is 0.0583 e. The van der Waals surface area contributed by atoms with E-state index in [-0.39, 0.29) is 16.2 Å². The van der Waals surface area contributed by atoms with E-state index in [0.717, 1.165) is 11.4 Å². The molecule has 3 heterocycles. The molecule has 2 heteroatoms. The first-order chi connectivity index (χ1) is 27.5. The highest BCUT2D eigenvalue weighted by atomic mass is 15.1. The van der Waals surface area contributed by atoms with Gasteiger partial charge < -0.3 is 9.47 Å². The number of benzene rings is 8. The van der Waals surface area contributed by atoms with E-state index in [2.05, 4.69) is 209 Å².